The summed E-state index contributed by atoms with van der Waals surface area (Å²) in [4.78, 5) is 36.5. The van der Waals surface area contributed by atoms with Gasteiger partial charge >= 0.3 is 0 Å². The Kier molecular flexibility index (Phi) is 5.41. The van der Waals surface area contributed by atoms with E-state index in [0.717, 1.165) is 21.7 Å². The summed E-state index contributed by atoms with van der Waals surface area (Å²) in [6.07, 6.45) is 0. The van der Waals surface area contributed by atoms with E-state index in [1.807, 2.05) is 26.0 Å². The lowest BCUT2D eigenvalue weighted by atomic mass is 10.1. The number of nitrogens with one attached hydrogen (secondary N) is 2. The molecule has 3 aromatic rings. The second kappa shape index (κ2) is 7.75. The van der Waals surface area contributed by atoms with E-state index in [1.165, 1.54) is 0 Å². The Balaban J connectivity index is 1.68. The Morgan fingerprint density at radius 3 is 2.59 bits per heavy atom. The Bertz CT molecular complexity index is 1100. The van der Waals surface area contributed by atoms with Crippen LogP contribution in [0.4, 0.5) is 5.69 Å². The number of anilines is 1. The summed E-state index contributed by atoms with van der Waals surface area (Å²) in [6.45, 7) is 3.49. The van der Waals surface area contributed by atoms with Gasteiger partial charge in [-0.3, -0.25) is 14.4 Å². The molecule has 0 aliphatic heterocycles. The number of amides is 2. The first kappa shape index (κ1) is 18.8. The normalized spacial score (nSPS) is 10.6. The minimum atomic E-state index is -0.628. The predicted octanol–water partition coefficient (Wildman–Crippen LogP) is 3.54. The van der Waals surface area contributed by atoms with Gasteiger partial charge in [-0.05, 0) is 49.7 Å². The van der Waals surface area contributed by atoms with Crippen LogP contribution in [0.1, 0.15) is 21.7 Å². The molecule has 0 unspecified atom stereocenters. The highest BCUT2D eigenvalue weighted by Crippen LogP contribution is 2.20. The van der Waals surface area contributed by atoms with Gasteiger partial charge in [-0.15, -0.1) is 0 Å². The van der Waals surface area contributed by atoms with Gasteiger partial charge in [0.05, 0.1) is 11.9 Å². The fraction of sp³-hybridized carbons (Fsp3) is 0.150. The zero-order valence-corrected chi connectivity index (χ0v) is 16.3. The van der Waals surface area contributed by atoms with Crippen molar-refractivity contribution in [3.63, 3.8) is 0 Å². The highest BCUT2D eigenvalue weighted by atomic mass is 79.9. The Morgan fingerprint density at radius 1 is 1.07 bits per heavy atom. The van der Waals surface area contributed by atoms with Gasteiger partial charge in [-0.2, -0.15) is 0 Å². The molecule has 0 fully saturated rings. The Labute approximate surface area is 163 Å². The zero-order chi connectivity index (χ0) is 19.6. The van der Waals surface area contributed by atoms with Crippen LogP contribution in [0.25, 0.3) is 11.0 Å². The molecule has 0 saturated heterocycles. The SMILES string of the molecule is Cc1ccc2oc(C(=O)NCC(=O)Nc3ccc(Br)cc3C)cc(=O)c2c1. The molecule has 0 aliphatic carbocycles. The van der Waals surface area contributed by atoms with Gasteiger partial charge in [0, 0.05) is 16.2 Å². The van der Waals surface area contributed by atoms with E-state index in [1.54, 1.807) is 24.3 Å². The minimum absolute atomic E-state index is 0.135. The fourth-order valence-electron chi connectivity index (χ4n) is 2.59. The van der Waals surface area contributed by atoms with Gasteiger partial charge in [0.15, 0.2) is 11.2 Å². The number of fused-ring (bicyclic) bond motifs is 1. The van der Waals surface area contributed by atoms with Crippen molar-refractivity contribution in [3.05, 3.63) is 74.0 Å². The quantitative estimate of drug-likeness (QED) is 0.664. The second-order valence-corrected chi connectivity index (χ2v) is 7.08. The number of halogens is 1. The monoisotopic (exact) mass is 428 g/mol. The molecule has 6 nitrogen and oxygen atoms in total. The highest BCUT2D eigenvalue weighted by Gasteiger charge is 2.14. The largest absolute Gasteiger partial charge is 0.451 e. The van der Waals surface area contributed by atoms with E-state index < -0.39 is 5.91 Å². The maximum atomic E-state index is 12.2. The lowest BCUT2D eigenvalue weighted by Crippen LogP contribution is -2.33. The fourth-order valence-corrected chi connectivity index (χ4v) is 3.07. The molecule has 2 amide bonds. The Morgan fingerprint density at radius 2 is 1.85 bits per heavy atom. The summed E-state index contributed by atoms with van der Waals surface area (Å²) in [7, 11) is 0. The van der Waals surface area contributed by atoms with Crippen molar-refractivity contribution in [2.75, 3.05) is 11.9 Å². The van der Waals surface area contributed by atoms with Gasteiger partial charge < -0.3 is 15.1 Å². The number of carbonyl (C=O) groups excluding carboxylic acids is 2. The van der Waals surface area contributed by atoms with Gasteiger partial charge in [0.25, 0.3) is 5.91 Å². The maximum Gasteiger partial charge on any atom is 0.287 e. The lowest BCUT2D eigenvalue weighted by Gasteiger charge is -2.09. The van der Waals surface area contributed by atoms with E-state index in [0.29, 0.717) is 16.7 Å². The smallest absolute Gasteiger partial charge is 0.287 e. The van der Waals surface area contributed by atoms with Crippen molar-refractivity contribution >= 4 is 44.4 Å². The van der Waals surface area contributed by atoms with Gasteiger partial charge in [-0.25, -0.2) is 0 Å². The van der Waals surface area contributed by atoms with Crippen LogP contribution in [0.2, 0.25) is 0 Å². The molecule has 0 aliphatic rings. The molecule has 3 rings (SSSR count). The van der Waals surface area contributed by atoms with E-state index >= 15 is 0 Å². The van der Waals surface area contributed by atoms with Gasteiger partial charge in [0.2, 0.25) is 5.91 Å². The number of hydrogen-bond acceptors (Lipinski definition) is 4. The van der Waals surface area contributed by atoms with E-state index in [-0.39, 0.29) is 23.6 Å². The molecule has 138 valence electrons. The maximum absolute atomic E-state index is 12.2. The number of carbonyl (C=O) groups is 2. The number of hydrogen-bond donors (Lipinski definition) is 2. The van der Waals surface area contributed by atoms with Crippen LogP contribution in [0.3, 0.4) is 0 Å². The Hall–Kier alpha value is -2.93. The molecule has 2 N–H and O–H groups in total. The van der Waals surface area contributed by atoms with Crippen LogP contribution >= 0.6 is 15.9 Å². The van der Waals surface area contributed by atoms with Gasteiger partial charge in [-0.1, -0.05) is 27.6 Å². The molecule has 27 heavy (non-hydrogen) atoms. The molecule has 2 aromatic carbocycles. The van der Waals surface area contributed by atoms with E-state index in [4.69, 9.17) is 4.42 Å². The molecular formula is C20H17BrN2O4. The molecular weight excluding hydrogens is 412 g/mol. The molecule has 1 aromatic heterocycles. The lowest BCUT2D eigenvalue weighted by molar-refractivity contribution is -0.115. The van der Waals surface area contributed by atoms with E-state index in [9.17, 15) is 14.4 Å². The summed E-state index contributed by atoms with van der Waals surface area (Å²) >= 11 is 3.36. The molecule has 0 bridgehead atoms. The van der Waals surface area contributed by atoms with Crippen LogP contribution < -0.4 is 16.1 Å². The standard InChI is InChI=1S/C20H17BrN2O4/c1-11-3-6-17-14(7-11)16(24)9-18(27-17)20(26)22-10-19(25)23-15-5-4-13(21)8-12(15)2/h3-9H,10H2,1-2H3,(H,22,26)(H,23,25). The zero-order valence-electron chi connectivity index (χ0n) is 14.8. The van der Waals surface area contributed by atoms with Crippen molar-refractivity contribution in [1.29, 1.82) is 0 Å². The summed E-state index contributed by atoms with van der Waals surface area (Å²) < 4.78 is 6.40. The summed E-state index contributed by atoms with van der Waals surface area (Å²) in [5.41, 5.74) is 2.49. The molecule has 0 atom stereocenters. The molecule has 7 heteroatoms. The molecule has 0 saturated carbocycles. The summed E-state index contributed by atoms with van der Waals surface area (Å²) in [6, 6.07) is 11.7. The first-order valence-electron chi connectivity index (χ1n) is 8.22. The van der Waals surface area contributed by atoms with Crippen molar-refractivity contribution in [2.24, 2.45) is 0 Å². The van der Waals surface area contributed by atoms with Crippen LogP contribution in [-0.4, -0.2) is 18.4 Å². The van der Waals surface area contributed by atoms with Crippen LogP contribution in [-0.2, 0) is 4.79 Å². The second-order valence-electron chi connectivity index (χ2n) is 6.16. The first-order chi connectivity index (χ1) is 12.8. The van der Waals surface area contributed by atoms with Crippen LogP contribution in [0.15, 0.2) is 56.1 Å². The third-order valence-corrected chi connectivity index (χ3v) is 4.47. The summed E-state index contributed by atoms with van der Waals surface area (Å²) in [5, 5.41) is 5.60. The van der Waals surface area contributed by atoms with Crippen molar-refractivity contribution in [2.45, 2.75) is 13.8 Å². The van der Waals surface area contributed by atoms with Gasteiger partial charge in [0.1, 0.15) is 5.58 Å². The molecule has 0 radical (unpaired) electrons. The minimum Gasteiger partial charge on any atom is -0.451 e. The third-order valence-electron chi connectivity index (χ3n) is 3.98. The number of aryl methyl sites for hydroxylation is 2. The summed E-state index contributed by atoms with van der Waals surface area (Å²) in [5.74, 6) is -1.14. The average Bonchev–Trinajstić information content (AvgIpc) is 2.62. The van der Waals surface area contributed by atoms with Crippen molar-refractivity contribution < 1.29 is 14.0 Å². The topological polar surface area (TPSA) is 88.4 Å². The number of benzene rings is 2. The van der Waals surface area contributed by atoms with E-state index in [2.05, 4.69) is 26.6 Å². The third kappa shape index (κ3) is 4.43. The highest BCUT2D eigenvalue weighted by molar-refractivity contribution is 9.10. The van der Waals surface area contributed by atoms with Crippen molar-refractivity contribution in [3.8, 4) is 0 Å². The predicted molar refractivity (Wildman–Crippen MR) is 107 cm³/mol. The van der Waals surface area contributed by atoms with Crippen molar-refractivity contribution in [1.82, 2.24) is 5.32 Å². The molecule has 1 heterocycles. The molecule has 0 spiro atoms. The van der Waals surface area contributed by atoms with Crippen LogP contribution in [0.5, 0.6) is 0 Å². The van der Waals surface area contributed by atoms with Crippen LogP contribution in [0, 0.1) is 13.8 Å². The number of rotatable bonds is 4. The average molecular weight is 429 g/mol. The first-order valence-corrected chi connectivity index (χ1v) is 9.01.